The summed E-state index contributed by atoms with van der Waals surface area (Å²) < 4.78 is 5.73. The highest BCUT2D eigenvalue weighted by atomic mass is 127. The predicted octanol–water partition coefficient (Wildman–Crippen LogP) is 4.88. The van der Waals surface area contributed by atoms with Gasteiger partial charge in [-0.25, -0.2) is 0 Å². The third-order valence-corrected chi connectivity index (χ3v) is 3.38. The average molecular weight is 354 g/mol. The van der Waals surface area contributed by atoms with Crippen molar-refractivity contribution in [3.05, 3.63) is 0 Å². The number of ether oxygens (including phenoxy) is 1. The van der Waals surface area contributed by atoms with Gasteiger partial charge in [-0.1, -0.05) is 75.0 Å². The summed E-state index contributed by atoms with van der Waals surface area (Å²) >= 11 is 2.33. The predicted molar refractivity (Wildman–Crippen MR) is 81.7 cm³/mol. The van der Waals surface area contributed by atoms with Crippen molar-refractivity contribution in [3.8, 4) is 0 Å². The molecule has 0 aromatic rings. The summed E-state index contributed by atoms with van der Waals surface area (Å²) in [6.45, 7) is 4.96. The lowest BCUT2D eigenvalue weighted by Crippen LogP contribution is -2.07. The van der Waals surface area contributed by atoms with E-state index >= 15 is 0 Å². The molecule has 0 N–H and O–H groups in total. The van der Waals surface area contributed by atoms with Crippen LogP contribution in [-0.4, -0.2) is 16.5 Å². The molecule has 0 aliphatic rings. The summed E-state index contributed by atoms with van der Waals surface area (Å²) in [5, 5.41) is 0. The summed E-state index contributed by atoms with van der Waals surface area (Å²) in [5.74, 6) is -0.0282. The number of hydrogen-bond donors (Lipinski definition) is 0. The second-order valence-corrected chi connectivity index (χ2v) is 6.79. The molecule has 0 bridgehead atoms. The van der Waals surface area contributed by atoms with Crippen LogP contribution in [0.5, 0.6) is 0 Å². The van der Waals surface area contributed by atoms with Crippen LogP contribution in [0.25, 0.3) is 0 Å². The van der Waals surface area contributed by atoms with Gasteiger partial charge >= 0.3 is 5.97 Å². The van der Waals surface area contributed by atoms with Crippen molar-refractivity contribution in [2.45, 2.75) is 75.6 Å². The summed E-state index contributed by atoms with van der Waals surface area (Å²) in [4.78, 5) is 11.3. The molecular weight excluding hydrogens is 327 g/mol. The Kier molecular flexibility index (Phi) is 12.8. The van der Waals surface area contributed by atoms with E-state index < -0.39 is 0 Å². The lowest BCUT2D eigenvalue weighted by atomic mass is 10.1. The summed E-state index contributed by atoms with van der Waals surface area (Å²) in [6.07, 6.45) is 10.3. The molecule has 102 valence electrons. The van der Waals surface area contributed by atoms with Crippen molar-refractivity contribution in [1.29, 1.82) is 0 Å². The van der Waals surface area contributed by atoms with Gasteiger partial charge in [-0.05, 0) is 12.8 Å². The van der Waals surface area contributed by atoms with Gasteiger partial charge in [0.25, 0.3) is 0 Å². The van der Waals surface area contributed by atoms with Crippen LogP contribution < -0.4 is 0 Å². The molecule has 3 heteroatoms. The molecule has 2 nitrogen and oxygen atoms in total. The normalized spacial score (nSPS) is 12.4. The van der Waals surface area contributed by atoms with Crippen LogP contribution in [0.15, 0.2) is 0 Å². The van der Waals surface area contributed by atoms with Gasteiger partial charge in [0, 0.05) is 10.3 Å². The Morgan fingerprint density at radius 3 is 2.29 bits per heavy atom. The molecule has 0 aromatic carbocycles. The van der Waals surface area contributed by atoms with Gasteiger partial charge < -0.3 is 4.74 Å². The highest BCUT2D eigenvalue weighted by Crippen LogP contribution is 2.09. The van der Waals surface area contributed by atoms with Crippen molar-refractivity contribution < 1.29 is 9.53 Å². The number of unbranched alkanes of at least 4 members (excludes halogenated alkanes) is 6. The maximum absolute atomic E-state index is 11.3. The first kappa shape index (κ1) is 17.2. The smallest absolute Gasteiger partial charge is 0.305 e. The van der Waals surface area contributed by atoms with E-state index in [0.29, 0.717) is 17.0 Å². The largest absolute Gasteiger partial charge is 0.466 e. The van der Waals surface area contributed by atoms with Crippen molar-refractivity contribution in [1.82, 2.24) is 0 Å². The number of esters is 1. The van der Waals surface area contributed by atoms with Crippen LogP contribution in [0, 0.1) is 0 Å². The van der Waals surface area contributed by atoms with Crippen LogP contribution in [0.3, 0.4) is 0 Å². The molecular formula is C14H27IO2. The standard InChI is InChI=1S/C14H27IO2/c1-3-4-5-6-7-8-9-12-17-14(16)11-10-13(2)15/h13H,3-12H2,1-2H3. The average Bonchev–Trinajstić information content (AvgIpc) is 2.30. The number of carbonyl (C=O) groups excluding carboxylic acids is 1. The fraction of sp³-hybridized carbons (Fsp3) is 0.929. The van der Waals surface area contributed by atoms with Crippen molar-refractivity contribution >= 4 is 28.6 Å². The minimum Gasteiger partial charge on any atom is -0.466 e. The number of alkyl halides is 1. The molecule has 0 heterocycles. The van der Waals surface area contributed by atoms with Crippen LogP contribution in [0.4, 0.5) is 0 Å². The van der Waals surface area contributed by atoms with Gasteiger partial charge in [-0.15, -0.1) is 0 Å². The molecule has 0 spiro atoms. The molecule has 0 aliphatic heterocycles. The van der Waals surface area contributed by atoms with Gasteiger partial charge in [0.15, 0.2) is 0 Å². The maximum atomic E-state index is 11.3. The van der Waals surface area contributed by atoms with Crippen LogP contribution >= 0.6 is 22.6 Å². The van der Waals surface area contributed by atoms with E-state index in [0.717, 1.165) is 12.8 Å². The third-order valence-electron chi connectivity index (χ3n) is 2.76. The Labute approximate surface area is 120 Å². The van der Waals surface area contributed by atoms with Crippen LogP contribution in [0.1, 0.15) is 71.6 Å². The molecule has 0 rings (SSSR count). The van der Waals surface area contributed by atoms with Gasteiger partial charge in [0.05, 0.1) is 6.61 Å². The molecule has 0 fully saturated rings. The molecule has 1 unspecified atom stereocenters. The number of halogens is 1. The molecule has 0 aliphatic carbocycles. The van der Waals surface area contributed by atoms with E-state index in [1.54, 1.807) is 0 Å². The fourth-order valence-corrected chi connectivity index (χ4v) is 1.95. The Balaban J connectivity index is 3.14. The Bertz CT molecular complexity index is 181. The van der Waals surface area contributed by atoms with Gasteiger partial charge in [-0.2, -0.15) is 0 Å². The lowest BCUT2D eigenvalue weighted by Gasteiger charge is -2.05. The minimum absolute atomic E-state index is 0.0282. The molecule has 0 radical (unpaired) electrons. The van der Waals surface area contributed by atoms with E-state index in [9.17, 15) is 4.79 Å². The molecule has 0 amide bonds. The van der Waals surface area contributed by atoms with Crippen molar-refractivity contribution in [2.75, 3.05) is 6.61 Å². The first-order chi connectivity index (χ1) is 8.16. The number of hydrogen-bond acceptors (Lipinski definition) is 2. The summed E-state index contributed by atoms with van der Waals surface area (Å²) in [5.41, 5.74) is 0. The van der Waals surface area contributed by atoms with E-state index in [4.69, 9.17) is 4.74 Å². The lowest BCUT2D eigenvalue weighted by molar-refractivity contribution is -0.143. The molecule has 0 saturated heterocycles. The first-order valence-electron chi connectivity index (χ1n) is 6.96. The highest BCUT2D eigenvalue weighted by molar-refractivity contribution is 14.1. The van der Waals surface area contributed by atoms with Gasteiger partial charge in [0.2, 0.25) is 0 Å². The number of rotatable bonds is 11. The maximum Gasteiger partial charge on any atom is 0.305 e. The number of carbonyl (C=O) groups is 1. The highest BCUT2D eigenvalue weighted by Gasteiger charge is 2.04. The van der Waals surface area contributed by atoms with E-state index in [1.807, 2.05) is 0 Å². The zero-order chi connectivity index (χ0) is 12.9. The zero-order valence-corrected chi connectivity index (χ0v) is 13.5. The summed E-state index contributed by atoms with van der Waals surface area (Å²) in [6, 6.07) is 0. The van der Waals surface area contributed by atoms with Gasteiger partial charge in [0.1, 0.15) is 0 Å². The van der Waals surface area contributed by atoms with E-state index in [1.165, 1.54) is 38.5 Å². The van der Waals surface area contributed by atoms with E-state index in [-0.39, 0.29) is 5.97 Å². The Morgan fingerprint density at radius 2 is 1.71 bits per heavy atom. The third kappa shape index (κ3) is 14.1. The molecule has 0 saturated carbocycles. The Hall–Kier alpha value is 0.200. The molecule has 0 aromatic heterocycles. The quantitative estimate of drug-likeness (QED) is 0.229. The monoisotopic (exact) mass is 354 g/mol. The van der Waals surface area contributed by atoms with Gasteiger partial charge in [-0.3, -0.25) is 4.79 Å². The van der Waals surface area contributed by atoms with Crippen LogP contribution in [-0.2, 0) is 9.53 Å². The second-order valence-electron chi connectivity index (χ2n) is 4.66. The molecule has 17 heavy (non-hydrogen) atoms. The Morgan fingerprint density at radius 1 is 1.12 bits per heavy atom. The van der Waals surface area contributed by atoms with Crippen LogP contribution in [0.2, 0.25) is 0 Å². The zero-order valence-electron chi connectivity index (χ0n) is 11.3. The topological polar surface area (TPSA) is 26.3 Å². The molecule has 1 atom stereocenters. The summed E-state index contributed by atoms with van der Waals surface area (Å²) in [7, 11) is 0. The van der Waals surface area contributed by atoms with Crippen molar-refractivity contribution in [3.63, 3.8) is 0 Å². The second kappa shape index (κ2) is 12.7. The van der Waals surface area contributed by atoms with Crippen molar-refractivity contribution in [2.24, 2.45) is 0 Å². The van der Waals surface area contributed by atoms with E-state index in [2.05, 4.69) is 36.4 Å². The fourth-order valence-electron chi connectivity index (χ4n) is 1.63. The minimum atomic E-state index is -0.0282. The first-order valence-corrected chi connectivity index (χ1v) is 8.21. The SMILES string of the molecule is CCCCCCCCCOC(=O)CCC(C)I.